The molecule has 0 aliphatic heterocycles. The quantitative estimate of drug-likeness (QED) is 0.545. The Balaban J connectivity index is 1.91. The molecule has 0 saturated heterocycles. The molecule has 0 atom stereocenters. The number of halogens is 1. The van der Waals surface area contributed by atoms with Crippen LogP contribution in [0.3, 0.4) is 0 Å². The molecule has 150 valence electrons. The number of rotatable bonds is 5. The van der Waals surface area contributed by atoms with Gasteiger partial charge in [-0.25, -0.2) is 12.8 Å². The summed E-state index contributed by atoms with van der Waals surface area (Å²) in [6.07, 6.45) is 0. The number of hydrogen-bond donors (Lipinski definition) is 3. The predicted molar refractivity (Wildman–Crippen MR) is 109 cm³/mol. The minimum absolute atomic E-state index is 0.0963. The number of benzene rings is 3. The van der Waals surface area contributed by atoms with Gasteiger partial charge in [-0.3, -0.25) is 9.52 Å². The molecular weight excluding hydrogens is 395 g/mol. The molecule has 8 heteroatoms. The number of aromatic hydroxyl groups is 1. The largest absolute Gasteiger partial charge is 0.506 e. The first-order valence-electron chi connectivity index (χ1n) is 8.66. The van der Waals surface area contributed by atoms with Gasteiger partial charge in [-0.05, 0) is 61.4 Å². The number of carbonyl (C=O) groups is 1. The zero-order chi connectivity index (χ0) is 21.2. The molecule has 3 N–H and O–H groups in total. The average Bonchev–Trinajstić information content (AvgIpc) is 2.66. The van der Waals surface area contributed by atoms with Crippen LogP contribution in [0.4, 0.5) is 15.8 Å². The zero-order valence-corrected chi connectivity index (χ0v) is 16.5. The topological polar surface area (TPSA) is 95.5 Å². The van der Waals surface area contributed by atoms with E-state index in [-0.39, 0.29) is 27.6 Å². The maximum atomic E-state index is 13.8. The van der Waals surface area contributed by atoms with E-state index >= 15 is 0 Å². The maximum Gasteiger partial charge on any atom is 0.262 e. The third-order valence-electron chi connectivity index (χ3n) is 4.28. The van der Waals surface area contributed by atoms with Crippen LogP contribution in [0, 0.1) is 19.7 Å². The number of phenolic OH excluding ortho intramolecular Hbond substituents is 1. The maximum absolute atomic E-state index is 13.8. The van der Waals surface area contributed by atoms with Crippen molar-refractivity contribution in [3.63, 3.8) is 0 Å². The average molecular weight is 414 g/mol. The Hall–Kier alpha value is -3.39. The van der Waals surface area contributed by atoms with Crippen molar-refractivity contribution in [2.24, 2.45) is 0 Å². The van der Waals surface area contributed by atoms with Gasteiger partial charge in [-0.1, -0.05) is 24.3 Å². The van der Waals surface area contributed by atoms with Gasteiger partial charge in [-0.15, -0.1) is 0 Å². The van der Waals surface area contributed by atoms with Crippen molar-refractivity contribution in [3.05, 3.63) is 83.2 Å². The highest BCUT2D eigenvalue weighted by atomic mass is 32.2. The minimum atomic E-state index is -4.11. The Kier molecular flexibility index (Phi) is 5.56. The van der Waals surface area contributed by atoms with Crippen LogP contribution in [0.1, 0.15) is 21.5 Å². The van der Waals surface area contributed by atoms with E-state index < -0.39 is 21.7 Å². The molecule has 0 aliphatic rings. The number of carbonyl (C=O) groups excluding carboxylic acids is 1. The number of anilines is 2. The lowest BCUT2D eigenvalue weighted by Crippen LogP contribution is -2.17. The molecule has 1 amide bonds. The summed E-state index contributed by atoms with van der Waals surface area (Å²) in [5.74, 6) is -1.39. The summed E-state index contributed by atoms with van der Waals surface area (Å²) in [6.45, 7) is 3.46. The number of amides is 1. The van der Waals surface area contributed by atoms with Crippen LogP contribution in [-0.4, -0.2) is 19.4 Å². The van der Waals surface area contributed by atoms with Crippen LogP contribution >= 0.6 is 0 Å². The van der Waals surface area contributed by atoms with Crippen molar-refractivity contribution >= 4 is 27.3 Å². The number of para-hydroxylation sites is 1. The molecule has 0 fully saturated rings. The monoisotopic (exact) mass is 414 g/mol. The van der Waals surface area contributed by atoms with E-state index in [2.05, 4.69) is 10.0 Å². The highest BCUT2D eigenvalue weighted by Crippen LogP contribution is 2.26. The predicted octanol–water partition coefficient (Wildman–Crippen LogP) is 4.20. The van der Waals surface area contributed by atoms with E-state index in [0.717, 1.165) is 11.6 Å². The Morgan fingerprint density at radius 2 is 1.69 bits per heavy atom. The normalized spacial score (nSPS) is 11.1. The first-order valence-corrected chi connectivity index (χ1v) is 10.1. The zero-order valence-electron chi connectivity index (χ0n) is 15.7. The van der Waals surface area contributed by atoms with E-state index in [4.69, 9.17) is 0 Å². The summed E-state index contributed by atoms with van der Waals surface area (Å²) in [7, 11) is -4.11. The van der Waals surface area contributed by atoms with Gasteiger partial charge < -0.3 is 10.4 Å². The number of phenols is 1. The van der Waals surface area contributed by atoms with Crippen molar-refractivity contribution in [2.75, 3.05) is 10.0 Å². The second-order valence-electron chi connectivity index (χ2n) is 6.54. The Bertz CT molecular complexity index is 1190. The third kappa shape index (κ3) is 4.55. The lowest BCUT2D eigenvalue weighted by molar-refractivity contribution is 0.102. The van der Waals surface area contributed by atoms with Gasteiger partial charge in [0.1, 0.15) is 11.6 Å². The van der Waals surface area contributed by atoms with Crippen LogP contribution in [0.2, 0.25) is 0 Å². The molecule has 0 saturated carbocycles. The molecule has 0 aromatic heterocycles. The molecule has 3 aromatic carbocycles. The molecule has 0 radical (unpaired) electrons. The van der Waals surface area contributed by atoms with Crippen molar-refractivity contribution in [1.82, 2.24) is 0 Å². The van der Waals surface area contributed by atoms with Crippen LogP contribution in [0.25, 0.3) is 0 Å². The molecule has 3 rings (SSSR count). The van der Waals surface area contributed by atoms with E-state index in [0.29, 0.717) is 5.56 Å². The summed E-state index contributed by atoms with van der Waals surface area (Å²) < 4.78 is 41.3. The number of aryl methyl sites for hydroxylation is 2. The summed E-state index contributed by atoms with van der Waals surface area (Å²) >= 11 is 0. The van der Waals surface area contributed by atoms with Crippen molar-refractivity contribution in [3.8, 4) is 5.75 Å². The van der Waals surface area contributed by atoms with Crippen molar-refractivity contribution in [2.45, 2.75) is 18.7 Å². The fraction of sp³-hybridized carbons (Fsp3) is 0.0952. The number of sulfonamides is 1. The van der Waals surface area contributed by atoms with Gasteiger partial charge in [-0.2, -0.15) is 0 Å². The lowest BCUT2D eigenvalue weighted by Gasteiger charge is -2.13. The highest BCUT2D eigenvalue weighted by molar-refractivity contribution is 7.92. The lowest BCUT2D eigenvalue weighted by atomic mass is 10.1. The van der Waals surface area contributed by atoms with Gasteiger partial charge in [0.05, 0.1) is 16.3 Å². The Morgan fingerprint density at radius 3 is 2.38 bits per heavy atom. The van der Waals surface area contributed by atoms with E-state index in [1.54, 1.807) is 26.0 Å². The van der Waals surface area contributed by atoms with E-state index in [1.807, 2.05) is 0 Å². The van der Waals surface area contributed by atoms with Crippen molar-refractivity contribution < 1.29 is 22.7 Å². The minimum Gasteiger partial charge on any atom is -0.506 e. The van der Waals surface area contributed by atoms with Crippen LogP contribution in [0.5, 0.6) is 5.75 Å². The first-order chi connectivity index (χ1) is 13.7. The van der Waals surface area contributed by atoms with Gasteiger partial charge in [0.15, 0.2) is 0 Å². The van der Waals surface area contributed by atoms with Crippen LogP contribution in [0.15, 0.2) is 65.6 Å². The molecule has 0 spiro atoms. The smallest absolute Gasteiger partial charge is 0.262 e. The van der Waals surface area contributed by atoms with Gasteiger partial charge in [0, 0.05) is 5.56 Å². The Morgan fingerprint density at radius 1 is 0.966 bits per heavy atom. The second-order valence-corrected chi connectivity index (χ2v) is 8.22. The molecule has 0 bridgehead atoms. The third-order valence-corrected chi connectivity index (χ3v) is 5.65. The fourth-order valence-corrected chi connectivity index (χ4v) is 3.79. The molecule has 0 heterocycles. The molecule has 29 heavy (non-hydrogen) atoms. The summed E-state index contributed by atoms with van der Waals surface area (Å²) in [5.41, 5.74) is 1.49. The van der Waals surface area contributed by atoms with Crippen LogP contribution < -0.4 is 10.0 Å². The van der Waals surface area contributed by atoms with Crippen molar-refractivity contribution in [1.29, 1.82) is 0 Å². The molecular formula is C21H19FN2O4S. The van der Waals surface area contributed by atoms with E-state index in [9.17, 15) is 22.7 Å². The second kappa shape index (κ2) is 7.92. The number of nitrogens with one attached hydrogen (secondary N) is 2. The SMILES string of the molecule is Cc1ccc(NC(=O)c2cc(S(=O)(=O)Nc3ccccc3F)ccc2C)c(O)c1. The van der Waals surface area contributed by atoms with Gasteiger partial charge >= 0.3 is 0 Å². The summed E-state index contributed by atoms with van der Waals surface area (Å²) in [6, 6.07) is 14.2. The van der Waals surface area contributed by atoms with Gasteiger partial charge in [0.2, 0.25) is 0 Å². The summed E-state index contributed by atoms with van der Waals surface area (Å²) in [4.78, 5) is 12.5. The molecule has 3 aromatic rings. The van der Waals surface area contributed by atoms with Crippen LogP contribution in [-0.2, 0) is 10.0 Å². The number of hydrogen-bond acceptors (Lipinski definition) is 4. The standard InChI is InChI=1S/C21H19FN2O4S/c1-13-7-10-19(20(25)11-13)23-21(26)16-12-15(9-8-14(16)2)29(27,28)24-18-6-4-3-5-17(18)22/h3-12,24-25H,1-2H3,(H,23,26). The first kappa shape index (κ1) is 20.3. The van der Waals surface area contributed by atoms with E-state index in [1.165, 1.54) is 42.5 Å². The van der Waals surface area contributed by atoms with Gasteiger partial charge in [0.25, 0.3) is 15.9 Å². The Labute approximate surface area is 168 Å². The highest BCUT2D eigenvalue weighted by Gasteiger charge is 2.20. The summed E-state index contributed by atoms with van der Waals surface area (Å²) in [5, 5.41) is 12.5. The molecule has 0 aliphatic carbocycles. The molecule has 0 unspecified atom stereocenters. The molecule has 6 nitrogen and oxygen atoms in total. The fourth-order valence-electron chi connectivity index (χ4n) is 2.70.